The Morgan fingerprint density at radius 1 is 1.24 bits per heavy atom. The molecule has 0 aliphatic carbocycles. The van der Waals surface area contributed by atoms with E-state index >= 15 is 0 Å². The average molecular weight is 304 g/mol. The summed E-state index contributed by atoms with van der Waals surface area (Å²) in [6, 6.07) is 3.01. The zero-order valence-electron chi connectivity index (χ0n) is 11.4. The summed E-state index contributed by atoms with van der Waals surface area (Å²) in [7, 11) is -3.76. The van der Waals surface area contributed by atoms with E-state index in [9.17, 15) is 8.42 Å². The molecule has 21 heavy (non-hydrogen) atoms. The van der Waals surface area contributed by atoms with Crippen molar-refractivity contribution in [1.29, 1.82) is 0 Å². The number of hydrogen-bond acceptors (Lipinski definition) is 6. The number of nitrogens with one attached hydrogen (secondary N) is 1. The molecular formula is C13H12N4O3S. The van der Waals surface area contributed by atoms with Gasteiger partial charge in [-0.05, 0) is 26.0 Å². The lowest BCUT2D eigenvalue weighted by molar-refractivity contribution is 0.564. The molecule has 0 amide bonds. The predicted octanol–water partition coefficient (Wildman–Crippen LogP) is 2.04. The molecule has 0 bridgehead atoms. The Morgan fingerprint density at radius 3 is 2.76 bits per heavy atom. The molecule has 8 heteroatoms. The molecule has 0 unspecified atom stereocenters. The van der Waals surface area contributed by atoms with Crippen molar-refractivity contribution >= 4 is 26.9 Å². The summed E-state index contributed by atoms with van der Waals surface area (Å²) in [5, 5.41) is 0.558. The first kappa shape index (κ1) is 13.5. The SMILES string of the molecule is Cc1oc2ncnc(NS(=O)(=O)c3cccnc3)c2c1C. The van der Waals surface area contributed by atoms with Gasteiger partial charge in [0.2, 0.25) is 5.71 Å². The van der Waals surface area contributed by atoms with Crippen LogP contribution in [-0.4, -0.2) is 23.4 Å². The average Bonchev–Trinajstić information content (AvgIpc) is 2.76. The van der Waals surface area contributed by atoms with Gasteiger partial charge in [0.25, 0.3) is 10.0 Å². The maximum atomic E-state index is 12.3. The van der Waals surface area contributed by atoms with Gasteiger partial charge in [0.15, 0.2) is 5.82 Å². The van der Waals surface area contributed by atoms with Gasteiger partial charge < -0.3 is 4.42 Å². The van der Waals surface area contributed by atoms with E-state index < -0.39 is 10.0 Å². The van der Waals surface area contributed by atoms with Gasteiger partial charge >= 0.3 is 0 Å². The number of rotatable bonds is 3. The summed E-state index contributed by atoms with van der Waals surface area (Å²) in [6.07, 6.45) is 4.03. The normalized spacial score (nSPS) is 11.7. The van der Waals surface area contributed by atoms with E-state index in [2.05, 4.69) is 19.7 Å². The van der Waals surface area contributed by atoms with Gasteiger partial charge in [-0.3, -0.25) is 9.71 Å². The van der Waals surface area contributed by atoms with Crippen LogP contribution in [-0.2, 0) is 10.0 Å². The van der Waals surface area contributed by atoms with Crippen LogP contribution in [0, 0.1) is 13.8 Å². The van der Waals surface area contributed by atoms with E-state index in [1.807, 2.05) is 6.92 Å². The van der Waals surface area contributed by atoms with Crippen molar-refractivity contribution < 1.29 is 12.8 Å². The second-order valence-corrected chi connectivity index (χ2v) is 6.16. The van der Waals surface area contributed by atoms with Gasteiger partial charge in [0, 0.05) is 18.0 Å². The van der Waals surface area contributed by atoms with Crippen LogP contribution >= 0.6 is 0 Å². The molecule has 0 radical (unpaired) electrons. The second-order valence-electron chi connectivity index (χ2n) is 4.48. The molecule has 108 valence electrons. The van der Waals surface area contributed by atoms with E-state index in [0.29, 0.717) is 16.9 Å². The molecule has 0 atom stereocenters. The monoisotopic (exact) mass is 304 g/mol. The quantitative estimate of drug-likeness (QED) is 0.795. The number of pyridine rings is 1. The molecule has 7 nitrogen and oxygen atoms in total. The number of furan rings is 1. The van der Waals surface area contributed by atoms with E-state index in [1.54, 1.807) is 13.0 Å². The standard InChI is InChI=1S/C13H12N4O3S/c1-8-9(2)20-13-11(8)12(15-7-16-13)17-21(18,19)10-4-3-5-14-6-10/h3-7H,1-2H3,(H,15,16,17). The fraction of sp³-hybridized carbons (Fsp3) is 0.154. The lowest BCUT2D eigenvalue weighted by Gasteiger charge is -2.07. The van der Waals surface area contributed by atoms with Gasteiger partial charge in [0.1, 0.15) is 17.0 Å². The zero-order chi connectivity index (χ0) is 15.0. The molecule has 0 fully saturated rings. The van der Waals surface area contributed by atoms with Crippen molar-refractivity contribution in [2.24, 2.45) is 0 Å². The van der Waals surface area contributed by atoms with Crippen molar-refractivity contribution in [1.82, 2.24) is 15.0 Å². The van der Waals surface area contributed by atoms with Gasteiger partial charge in [-0.1, -0.05) is 0 Å². The zero-order valence-corrected chi connectivity index (χ0v) is 12.2. The van der Waals surface area contributed by atoms with Gasteiger partial charge in [-0.15, -0.1) is 0 Å². The van der Waals surface area contributed by atoms with E-state index in [1.165, 1.54) is 24.8 Å². The minimum atomic E-state index is -3.76. The number of aromatic nitrogens is 3. The minimum Gasteiger partial charge on any atom is -0.443 e. The molecule has 1 N–H and O–H groups in total. The lowest BCUT2D eigenvalue weighted by atomic mass is 10.2. The Hall–Kier alpha value is -2.48. The highest BCUT2D eigenvalue weighted by Gasteiger charge is 2.20. The summed E-state index contributed by atoms with van der Waals surface area (Å²) in [4.78, 5) is 11.9. The van der Waals surface area contributed by atoms with E-state index in [0.717, 1.165) is 5.56 Å². The van der Waals surface area contributed by atoms with Gasteiger partial charge in [-0.25, -0.2) is 18.4 Å². The lowest BCUT2D eigenvalue weighted by Crippen LogP contribution is -2.14. The minimum absolute atomic E-state index is 0.0645. The number of hydrogen-bond donors (Lipinski definition) is 1. The highest BCUT2D eigenvalue weighted by Crippen LogP contribution is 2.29. The van der Waals surface area contributed by atoms with Gasteiger partial charge in [0.05, 0.1) is 5.39 Å². The number of sulfonamides is 1. The number of aryl methyl sites for hydroxylation is 2. The fourth-order valence-electron chi connectivity index (χ4n) is 1.95. The van der Waals surface area contributed by atoms with Crippen molar-refractivity contribution in [3.63, 3.8) is 0 Å². The van der Waals surface area contributed by atoms with Crippen LogP contribution in [0.1, 0.15) is 11.3 Å². The van der Waals surface area contributed by atoms with Crippen LogP contribution in [0.15, 0.2) is 40.2 Å². The third-order valence-electron chi connectivity index (χ3n) is 3.14. The molecule has 0 aromatic carbocycles. The molecule has 3 aromatic rings. The van der Waals surface area contributed by atoms with E-state index in [-0.39, 0.29) is 10.7 Å². The molecule has 0 saturated heterocycles. The molecule has 0 saturated carbocycles. The Bertz CT molecular complexity index is 904. The van der Waals surface area contributed by atoms with Crippen LogP contribution in [0.4, 0.5) is 5.82 Å². The third kappa shape index (κ3) is 2.33. The number of nitrogens with zero attached hydrogens (tertiary/aromatic N) is 3. The first-order valence-corrected chi connectivity index (χ1v) is 7.61. The molecule has 0 aliphatic heterocycles. The fourth-order valence-corrected chi connectivity index (χ4v) is 2.94. The first-order chi connectivity index (χ1) is 9.99. The largest absolute Gasteiger partial charge is 0.443 e. The summed E-state index contributed by atoms with van der Waals surface area (Å²) < 4.78 is 32.6. The Labute approximate surface area is 121 Å². The molecule has 0 spiro atoms. The predicted molar refractivity (Wildman–Crippen MR) is 76.3 cm³/mol. The second kappa shape index (κ2) is 4.81. The Balaban J connectivity index is 2.11. The summed E-state index contributed by atoms with van der Waals surface area (Å²) >= 11 is 0. The Kier molecular flexibility index (Phi) is 3.09. The third-order valence-corrected chi connectivity index (χ3v) is 4.47. The van der Waals surface area contributed by atoms with Crippen LogP contribution < -0.4 is 4.72 Å². The molecule has 3 aromatic heterocycles. The topological polar surface area (TPSA) is 98.0 Å². The summed E-state index contributed by atoms with van der Waals surface area (Å²) in [5.74, 6) is 0.866. The van der Waals surface area contributed by atoms with Crippen LogP contribution in [0.25, 0.3) is 11.1 Å². The Morgan fingerprint density at radius 2 is 2.05 bits per heavy atom. The molecule has 3 rings (SSSR count). The van der Waals surface area contributed by atoms with Gasteiger partial charge in [-0.2, -0.15) is 0 Å². The van der Waals surface area contributed by atoms with E-state index in [4.69, 9.17) is 4.42 Å². The highest BCUT2D eigenvalue weighted by atomic mass is 32.2. The maximum absolute atomic E-state index is 12.3. The first-order valence-electron chi connectivity index (χ1n) is 6.12. The highest BCUT2D eigenvalue weighted by molar-refractivity contribution is 7.92. The number of anilines is 1. The van der Waals surface area contributed by atoms with Crippen LogP contribution in [0.3, 0.4) is 0 Å². The summed E-state index contributed by atoms with van der Waals surface area (Å²) in [5.41, 5.74) is 1.15. The summed E-state index contributed by atoms with van der Waals surface area (Å²) in [6.45, 7) is 3.61. The van der Waals surface area contributed by atoms with Crippen LogP contribution in [0.5, 0.6) is 0 Å². The van der Waals surface area contributed by atoms with Crippen molar-refractivity contribution in [3.05, 3.63) is 42.2 Å². The van der Waals surface area contributed by atoms with Crippen molar-refractivity contribution in [2.45, 2.75) is 18.7 Å². The molecule has 3 heterocycles. The smallest absolute Gasteiger partial charge is 0.264 e. The molecular weight excluding hydrogens is 292 g/mol. The van der Waals surface area contributed by atoms with Crippen LogP contribution in [0.2, 0.25) is 0 Å². The van der Waals surface area contributed by atoms with Crippen molar-refractivity contribution in [2.75, 3.05) is 4.72 Å². The number of fused-ring (bicyclic) bond motifs is 1. The van der Waals surface area contributed by atoms with Crippen molar-refractivity contribution in [3.8, 4) is 0 Å². The molecule has 0 aliphatic rings. The maximum Gasteiger partial charge on any atom is 0.264 e.